The second-order valence-electron chi connectivity index (χ2n) is 7.12. The van der Waals surface area contributed by atoms with Crippen molar-refractivity contribution in [1.82, 2.24) is 0 Å². The lowest BCUT2D eigenvalue weighted by Gasteiger charge is -2.40. The fourth-order valence-corrected chi connectivity index (χ4v) is 3.47. The second-order valence-corrected chi connectivity index (χ2v) is 7.12. The molecule has 1 aromatic carbocycles. The predicted octanol–water partition coefficient (Wildman–Crippen LogP) is 0.282. The average molecular weight is 352 g/mol. The predicted molar refractivity (Wildman–Crippen MR) is 88.4 cm³/mol. The summed E-state index contributed by atoms with van der Waals surface area (Å²) in [5.74, 6) is 0.228. The molecule has 0 aromatic heterocycles. The quantitative estimate of drug-likeness (QED) is 0.816. The summed E-state index contributed by atoms with van der Waals surface area (Å²) in [4.78, 5) is 13.6. The van der Waals surface area contributed by atoms with Crippen LogP contribution in [-0.2, 0) is 20.6 Å². The number of ether oxygens (including phenoxy) is 4. The van der Waals surface area contributed by atoms with Crippen molar-refractivity contribution < 1.29 is 29.6 Å². The zero-order chi connectivity index (χ0) is 16.8. The van der Waals surface area contributed by atoms with Gasteiger partial charge in [0.05, 0.1) is 26.4 Å². The third-order valence-corrected chi connectivity index (χ3v) is 4.85. The molecule has 8 nitrogen and oxygen atoms in total. The van der Waals surface area contributed by atoms with Gasteiger partial charge in [0.25, 0.3) is 5.69 Å². The van der Waals surface area contributed by atoms with Gasteiger partial charge in [-0.3, -0.25) is 0 Å². The number of hydrogen-bond donors (Lipinski definition) is 1. The van der Waals surface area contributed by atoms with Crippen molar-refractivity contribution >= 4 is 11.4 Å². The third-order valence-electron chi connectivity index (χ3n) is 4.85. The molecule has 2 N–H and O–H groups in total. The summed E-state index contributed by atoms with van der Waals surface area (Å²) in [6.45, 7) is 7.60. The summed E-state index contributed by atoms with van der Waals surface area (Å²) in [5, 5.41) is 2.08. The van der Waals surface area contributed by atoms with Crippen LogP contribution in [-0.4, -0.2) is 56.4 Å². The van der Waals surface area contributed by atoms with E-state index in [1.807, 2.05) is 26.0 Å². The molecule has 0 atom stereocenters. The van der Waals surface area contributed by atoms with Crippen LogP contribution in [0.15, 0.2) is 12.1 Å². The number of fused-ring (bicyclic) bond motifs is 1. The zero-order valence-electron chi connectivity index (χ0n) is 14.5. The van der Waals surface area contributed by atoms with Crippen LogP contribution in [0.4, 0.5) is 11.4 Å². The SMILES string of the molecule is CC1(C)OCC2(CO1)Cc1cc([NH+]=O)c(N3CCOCC3)cc1O2.[OH-]. The Morgan fingerprint density at radius 2 is 1.80 bits per heavy atom. The molecule has 0 bridgehead atoms. The molecule has 4 rings (SSSR count). The monoisotopic (exact) mass is 352 g/mol. The van der Waals surface area contributed by atoms with E-state index in [1.165, 1.54) is 0 Å². The molecule has 0 unspecified atom stereocenters. The van der Waals surface area contributed by atoms with Gasteiger partial charge in [-0.25, -0.2) is 0 Å². The third kappa shape index (κ3) is 3.35. The van der Waals surface area contributed by atoms with Gasteiger partial charge >= 0.3 is 0 Å². The molecule has 0 amide bonds. The van der Waals surface area contributed by atoms with E-state index in [4.69, 9.17) is 18.9 Å². The van der Waals surface area contributed by atoms with Gasteiger partial charge in [0.1, 0.15) is 11.4 Å². The molecule has 138 valence electrons. The highest BCUT2D eigenvalue weighted by atomic mass is 16.7. The number of morpholine rings is 1. The number of nitroso groups, excluding NO2 is 1. The van der Waals surface area contributed by atoms with E-state index >= 15 is 0 Å². The maximum atomic E-state index is 11.4. The lowest BCUT2D eigenvalue weighted by molar-refractivity contribution is -0.378. The van der Waals surface area contributed by atoms with E-state index in [0.717, 1.165) is 30.1 Å². The van der Waals surface area contributed by atoms with Gasteiger partial charge in [0.15, 0.2) is 11.4 Å². The number of hydrogen-bond acceptors (Lipinski definition) is 7. The Morgan fingerprint density at radius 3 is 2.44 bits per heavy atom. The Hall–Kier alpha value is -1.74. The van der Waals surface area contributed by atoms with Crippen LogP contribution in [0, 0.1) is 4.91 Å². The van der Waals surface area contributed by atoms with E-state index in [2.05, 4.69) is 10.1 Å². The number of anilines is 1. The Balaban J connectivity index is 0.00000182. The van der Waals surface area contributed by atoms with Gasteiger partial charge in [0.2, 0.25) is 0 Å². The zero-order valence-corrected chi connectivity index (χ0v) is 14.5. The molecule has 8 heteroatoms. The normalized spacial score (nSPS) is 23.5. The van der Waals surface area contributed by atoms with E-state index in [0.29, 0.717) is 38.5 Å². The average Bonchev–Trinajstić information content (AvgIpc) is 2.95. The van der Waals surface area contributed by atoms with Gasteiger partial charge in [0, 0.05) is 47.3 Å². The molecule has 3 aliphatic heterocycles. The molecule has 0 aliphatic carbocycles. The molecule has 2 fully saturated rings. The van der Waals surface area contributed by atoms with Crippen LogP contribution in [0.3, 0.4) is 0 Å². The smallest absolute Gasteiger partial charge is 0.277 e. The van der Waals surface area contributed by atoms with Crippen molar-refractivity contribution in [1.29, 1.82) is 0 Å². The number of rotatable bonds is 2. The minimum Gasteiger partial charge on any atom is -0.870 e. The fraction of sp³-hybridized carbons (Fsp3) is 0.647. The van der Waals surface area contributed by atoms with Crippen LogP contribution in [0.2, 0.25) is 0 Å². The van der Waals surface area contributed by atoms with Crippen LogP contribution in [0.5, 0.6) is 5.75 Å². The largest absolute Gasteiger partial charge is 0.870 e. The molecule has 25 heavy (non-hydrogen) atoms. The first-order valence-electron chi connectivity index (χ1n) is 8.35. The van der Waals surface area contributed by atoms with Crippen LogP contribution < -0.4 is 14.8 Å². The van der Waals surface area contributed by atoms with Gasteiger partial charge in [-0.1, -0.05) is 0 Å². The van der Waals surface area contributed by atoms with Gasteiger partial charge in [-0.2, -0.15) is 0 Å². The number of nitrogens with one attached hydrogen (secondary N) is 1. The molecule has 2 saturated heterocycles. The molecule has 3 aliphatic rings. The fourth-order valence-electron chi connectivity index (χ4n) is 3.47. The molecule has 3 heterocycles. The van der Waals surface area contributed by atoms with E-state index < -0.39 is 11.4 Å². The van der Waals surface area contributed by atoms with Crippen molar-refractivity contribution in [2.24, 2.45) is 0 Å². The summed E-state index contributed by atoms with van der Waals surface area (Å²) in [7, 11) is 0. The van der Waals surface area contributed by atoms with Crippen molar-refractivity contribution in [3.8, 4) is 5.75 Å². The first-order chi connectivity index (χ1) is 11.5. The summed E-state index contributed by atoms with van der Waals surface area (Å²) >= 11 is 0. The number of benzene rings is 1. The Labute approximate surface area is 146 Å². The van der Waals surface area contributed by atoms with Crippen molar-refractivity contribution in [3.05, 3.63) is 22.6 Å². The highest BCUT2D eigenvalue weighted by Crippen LogP contribution is 2.42. The summed E-state index contributed by atoms with van der Waals surface area (Å²) < 4.78 is 23.2. The van der Waals surface area contributed by atoms with Crippen molar-refractivity contribution in [2.75, 3.05) is 44.4 Å². The first-order valence-corrected chi connectivity index (χ1v) is 8.35. The maximum Gasteiger partial charge on any atom is 0.277 e. The Kier molecular flexibility index (Phi) is 4.72. The molecule has 1 spiro atoms. The lowest BCUT2D eigenvalue weighted by Crippen LogP contribution is -2.57. The van der Waals surface area contributed by atoms with E-state index in [-0.39, 0.29) is 5.48 Å². The summed E-state index contributed by atoms with van der Waals surface area (Å²) in [5.41, 5.74) is 1.95. The molecule has 1 aromatic rings. The summed E-state index contributed by atoms with van der Waals surface area (Å²) in [6.07, 6.45) is 0.677. The number of nitrogens with zero attached hydrogens (tertiary/aromatic N) is 1. The highest BCUT2D eigenvalue weighted by Gasteiger charge is 2.47. The van der Waals surface area contributed by atoms with Crippen molar-refractivity contribution in [2.45, 2.75) is 31.7 Å². The standard InChI is InChI=1S/C17H22N2O5.H2O/c1-16(2)22-10-17(11-23-16)9-12-7-13(18-20)14(8-15(12)24-17)19-3-5-21-6-4-19;/h7-8H,3-6,9-11H2,1-2H3;1H2. The van der Waals surface area contributed by atoms with E-state index in [9.17, 15) is 4.91 Å². The van der Waals surface area contributed by atoms with Gasteiger partial charge < -0.3 is 29.3 Å². The second kappa shape index (κ2) is 6.53. The Morgan fingerprint density at radius 1 is 1.12 bits per heavy atom. The summed E-state index contributed by atoms with van der Waals surface area (Å²) in [6, 6.07) is 3.84. The van der Waals surface area contributed by atoms with Crippen LogP contribution >= 0.6 is 0 Å². The first kappa shape index (κ1) is 18.1. The lowest BCUT2D eigenvalue weighted by atomic mass is 9.97. The molecule has 0 saturated carbocycles. The Bertz CT molecular complexity index is 647. The topological polar surface area (TPSA) is 101 Å². The van der Waals surface area contributed by atoms with Crippen LogP contribution in [0.1, 0.15) is 19.4 Å². The van der Waals surface area contributed by atoms with Crippen molar-refractivity contribution in [3.63, 3.8) is 0 Å². The molecular formula is C17H24N2O6. The van der Waals surface area contributed by atoms with Gasteiger partial charge in [-0.05, 0) is 13.8 Å². The maximum absolute atomic E-state index is 11.4. The minimum atomic E-state index is -0.579. The van der Waals surface area contributed by atoms with Gasteiger partial charge in [-0.15, -0.1) is 0 Å². The van der Waals surface area contributed by atoms with E-state index in [1.54, 1.807) is 0 Å². The molecule has 0 radical (unpaired) electrons. The highest BCUT2D eigenvalue weighted by molar-refractivity contribution is 5.68. The minimum absolute atomic E-state index is 0. The van der Waals surface area contributed by atoms with Crippen LogP contribution in [0.25, 0.3) is 0 Å². The molecular weight excluding hydrogens is 328 g/mol.